The fourth-order valence-corrected chi connectivity index (χ4v) is 1.24. The van der Waals surface area contributed by atoms with Gasteiger partial charge in [0.05, 0.1) is 7.11 Å². The first-order valence-corrected chi connectivity index (χ1v) is 4.83. The van der Waals surface area contributed by atoms with Crippen LogP contribution in [0.1, 0.15) is 12.5 Å². The fraction of sp³-hybridized carbons (Fsp3) is 0.364. The summed E-state index contributed by atoms with van der Waals surface area (Å²) in [6.07, 6.45) is 0. The molecule has 0 unspecified atom stereocenters. The lowest BCUT2D eigenvalue weighted by Gasteiger charge is -2.12. The van der Waals surface area contributed by atoms with Gasteiger partial charge in [0.15, 0.2) is 0 Å². The Labute approximate surface area is 93.0 Å². The van der Waals surface area contributed by atoms with Gasteiger partial charge in [0, 0.05) is 12.1 Å². The molecule has 0 aliphatic carbocycles. The molecule has 0 radical (unpaired) electrons. The predicted molar refractivity (Wildman–Crippen MR) is 56.9 cm³/mol. The van der Waals surface area contributed by atoms with Crippen LogP contribution in [0.3, 0.4) is 0 Å². The van der Waals surface area contributed by atoms with Gasteiger partial charge >= 0.3 is 5.97 Å². The van der Waals surface area contributed by atoms with Crippen molar-refractivity contribution in [2.45, 2.75) is 19.5 Å². The van der Waals surface area contributed by atoms with E-state index in [9.17, 15) is 9.18 Å². The van der Waals surface area contributed by atoms with E-state index in [1.54, 1.807) is 0 Å². The number of carbonyl (C=O) groups is 1. The Balaban J connectivity index is 2.72. The van der Waals surface area contributed by atoms with Gasteiger partial charge in [-0.15, -0.1) is 0 Å². The number of hydrogen-bond acceptors (Lipinski definition) is 3. The molecule has 0 aliphatic heterocycles. The smallest absolute Gasteiger partial charge is 0.320 e. The van der Waals surface area contributed by atoms with Crippen molar-refractivity contribution in [1.29, 1.82) is 0 Å². The summed E-state index contributed by atoms with van der Waals surface area (Å²) >= 11 is 0. The van der Waals surface area contributed by atoms with E-state index in [0.29, 0.717) is 11.3 Å². The highest BCUT2D eigenvalue weighted by atomic mass is 19.1. The third-order valence-corrected chi connectivity index (χ3v) is 2.21. The van der Waals surface area contributed by atoms with Crippen molar-refractivity contribution in [3.05, 3.63) is 29.6 Å². The van der Waals surface area contributed by atoms with Gasteiger partial charge in [0.2, 0.25) is 0 Å². The first-order chi connectivity index (χ1) is 7.54. The molecular formula is C11H14FNO3. The van der Waals surface area contributed by atoms with Crippen LogP contribution in [0.15, 0.2) is 18.2 Å². The number of halogens is 1. The van der Waals surface area contributed by atoms with E-state index in [2.05, 4.69) is 5.32 Å². The van der Waals surface area contributed by atoms with Crippen LogP contribution in [0.5, 0.6) is 5.75 Å². The number of methoxy groups -OCH3 is 1. The van der Waals surface area contributed by atoms with Crippen molar-refractivity contribution in [2.75, 3.05) is 7.11 Å². The Morgan fingerprint density at radius 1 is 1.62 bits per heavy atom. The first kappa shape index (κ1) is 12.4. The molecule has 5 heteroatoms. The third kappa shape index (κ3) is 3.20. The Bertz CT molecular complexity index is 381. The molecule has 0 saturated heterocycles. The van der Waals surface area contributed by atoms with Gasteiger partial charge in [0.1, 0.15) is 17.6 Å². The summed E-state index contributed by atoms with van der Waals surface area (Å²) in [6, 6.07) is 3.44. The van der Waals surface area contributed by atoms with Crippen molar-refractivity contribution in [3.8, 4) is 5.75 Å². The van der Waals surface area contributed by atoms with E-state index < -0.39 is 12.0 Å². The summed E-state index contributed by atoms with van der Waals surface area (Å²) < 4.78 is 18.0. The molecule has 1 rings (SSSR count). The molecule has 2 N–H and O–H groups in total. The number of carboxylic acid groups (broad SMARTS) is 1. The third-order valence-electron chi connectivity index (χ3n) is 2.21. The topological polar surface area (TPSA) is 58.6 Å². The van der Waals surface area contributed by atoms with E-state index in [1.807, 2.05) is 0 Å². The minimum atomic E-state index is -0.949. The molecule has 4 nitrogen and oxygen atoms in total. The van der Waals surface area contributed by atoms with Crippen LogP contribution in [-0.2, 0) is 11.3 Å². The average molecular weight is 227 g/mol. The Hall–Kier alpha value is -1.62. The number of carboxylic acids is 1. The van der Waals surface area contributed by atoms with Crippen molar-refractivity contribution < 1.29 is 19.0 Å². The summed E-state index contributed by atoms with van der Waals surface area (Å²) in [5.41, 5.74) is 0.593. The zero-order chi connectivity index (χ0) is 12.1. The molecule has 0 fully saturated rings. The van der Waals surface area contributed by atoms with E-state index >= 15 is 0 Å². The number of nitrogens with one attached hydrogen (secondary N) is 1. The highest BCUT2D eigenvalue weighted by molar-refractivity contribution is 5.72. The second-order valence-corrected chi connectivity index (χ2v) is 3.40. The minimum absolute atomic E-state index is 0.244. The van der Waals surface area contributed by atoms with E-state index in [4.69, 9.17) is 9.84 Å². The van der Waals surface area contributed by atoms with Crippen LogP contribution in [0.25, 0.3) is 0 Å². The summed E-state index contributed by atoms with van der Waals surface area (Å²) in [5.74, 6) is -0.789. The van der Waals surface area contributed by atoms with E-state index in [0.717, 1.165) is 0 Å². The number of aliphatic carboxylic acids is 1. The monoisotopic (exact) mass is 227 g/mol. The van der Waals surface area contributed by atoms with Crippen LogP contribution in [0.4, 0.5) is 4.39 Å². The van der Waals surface area contributed by atoms with Gasteiger partial charge < -0.3 is 15.2 Å². The van der Waals surface area contributed by atoms with Crippen LogP contribution < -0.4 is 10.1 Å². The summed E-state index contributed by atoms with van der Waals surface area (Å²) in [4.78, 5) is 10.6. The van der Waals surface area contributed by atoms with Crippen molar-refractivity contribution in [2.24, 2.45) is 0 Å². The molecular weight excluding hydrogens is 213 g/mol. The van der Waals surface area contributed by atoms with E-state index in [1.165, 1.54) is 32.2 Å². The van der Waals surface area contributed by atoms with Gasteiger partial charge in [-0.25, -0.2) is 4.39 Å². The second kappa shape index (κ2) is 5.46. The van der Waals surface area contributed by atoms with Crippen LogP contribution in [0, 0.1) is 5.82 Å². The molecule has 1 atom stereocenters. The van der Waals surface area contributed by atoms with Crippen LogP contribution >= 0.6 is 0 Å². The SMILES string of the molecule is COc1ccc(F)cc1CN[C@H](C)C(=O)O. The average Bonchev–Trinajstić information content (AvgIpc) is 2.25. The molecule has 0 saturated carbocycles. The van der Waals surface area contributed by atoms with Gasteiger partial charge in [0.25, 0.3) is 0 Å². The molecule has 0 bridgehead atoms. The number of rotatable bonds is 5. The minimum Gasteiger partial charge on any atom is -0.496 e. The summed E-state index contributed by atoms with van der Waals surface area (Å²) in [7, 11) is 1.48. The van der Waals surface area contributed by atoms with Crippen LogP contribution in [0.2, 0.25) is 0 Å². The Morgan fingerprint density at radius 3 is 2.88 bits per heavy atom. The second-order valence-electron chi connectivity index (χ2n) is 3.40. The lowest BCUT2D eigenvalue weighted by Crippen LogP contribution is -2.33. The number of benzene rings is 1. The van der Waals surface area contributed by atoms with Crippen LogP contribution in [-0.4, -0.2) is 24.2 Å². The molecule has 1 aromatic carbocycles. The van der Waals surface area contributed by atoms with Gasteiger partial charge in [-0.3, -0.25) is 4.79 Å². The van der Waals surface area contributed by atoms with Gasteiger partial charge in [-0.05, 0) is 25.1 Å². The maximum absolute atomic E-state index is 13.0. The fourth-order valence-electron chi connectivity index (χ4n) is 1.24. The zero-order valence-electron chi connectivity index (χ0n) is 9.16. The molecule has 16 heavy (non-hydrogen) atoms. The molecule has 0 aliphatic rings. The molecule has 1 aromatic rings. The Kier molecular flexibility index (Phi) is 4.25. The van der Waals surface area contributed by atoms with Crippen molar-refractivity contribution in [3.63, 3.8) is 0 Å². The lowest BCUT2D eigenvalue weighted by molar-refractivity contribution is -0.139. The molecule has 88 valence electrons. The zero-order valence-corrected chi connectivity index (χ0v) is 9.16. The number of ether oxygens (including phenoxy) is 1. The maximum atomic E-state index is 13.0. The Morgan fingerprint density at radius 2 is 2.31 bits per heavy atom. The standard InChI is InChI=1S/C11H14FNO3/c1-7(11(14)15)13-6-8-5-9(12)3-4-10(8)16-2/h3-5,7,13H,6H2,1-2H3,(H,14,15)/t7-/m1/s1. The molecule has 0 aromatic heterocycles. The highest BCUT2D eigenvalue weighted by Gasteiger charge is 2.11. The maximum Gasteiger partial charge on any atom is 0.320 e. The van der Waals surface area contributed by atoms with E-state index in [-0.39, 0.29) is 12.4 Å². The largest absolute Gasteiger partial charge is 0.496 e. The molecule has 0 heterocycles. The number of hydrogen-bond donors (Lipinski definition) is 2. The predicted octanol–water partition coefficient (Wildman–Crippen LogP) is 1.40. The normalized spacial score (nSPS) is 12.2. The lowest BCUT2D eigenvalue weighted by atomic mass is 10.2. The van der Waals surface area contributed by atoms with Gasteiger partial charge in [-0.1, -0.05) is 0 Å². The first-order valence-electron chi connectivity index (χ1n) is 4.83. The molecule has 0 spiro atoms. The van der Waals surface area contributed by atoms with Gasteiger partial charge in [-0.2, -0.15) is 0 Å². The summed E-state index contributed by atoms with van der Waals surface area (Å²) in [5, 5.41) is 11.4. The van der Waals surface area contributed by atoms with Crippen molar-refractivity contribution in [1.82, 2.24) is 5.32 Å². The highest BCUT2D eigenvalue weighted by Crippen LogP contribution is 2.18. The quantitative estimate of drug-likeness (QED) is 0.798. The summed E-state index contributed by atoms with van der Waals surface area (Å²) in [6.45, 7) is 1.77. The molecule has 0 amide bonds. The van der Waals surface area contributed by atoms with Crippen molar-refractivity contribution >= 4 is 5.97 Å².